The first kappa shape index (κ1) is 22.3. The molecule has 0 unspecified atom stereocenters. The van der Waals surface area contributed by atoms with E-state index in [9.17, 15) is 9.59 Å². The van der Waals surface area contributed by atoms with Gasteiger partial charge in [0, 0.05) is 4.88 Å². The summed E-state index contributed by atoms with van der Waals surface area (Å²) in [7, 11) is 0. The number of thiophene rings is 2. The summed E-state index contributed by atoms with van der Waals surface area (Å²) in [5.41, 5.74) is 4.08. The molecule has 0 spiro atoms. The third-order valence-electron chi connectivity index (χ3n) is 5.36. The van der Waals surface area contributed by atoms with Gasteiger partial charge in [-0.25, -0.2) is 4.98 Å². The van der Waals surface area contributed by atoms with E-state index in [2.05, 4.69) is 11.4 Å². The first-order chi connectivity index (χ1) is 15.3. The van der Waals surface area contributed by atoms with Crippen LogP contribution in [0, 0.1) is 39.0 Å². The summed E-state index contributed by atoms with van der Waals surface area (Å²) in [5, 5.41) is 15.3. The van der Waals surface area contributed by atoms with Crippen molar-refractivity contribution in [2.45, 2.75) is 32.9 Å². The standard InChI is InChI=1S/C23H20N4O2S3/c1-12-6-5-7-17(13(12)2)27-22(29)19-14(3)15(4)32-21(19)26-23(27)31-11-18(28)25-20-16(10-24)8-9-30-20/h5-9H,11H2,1-4H3,(H,25,28). The highest BCUT2D eigenvalue weighted by Crippen LogP contribution is 2.31. The molecule has 3 heterocycles. The summed E-state index contributed by atoms with van der Waals surface area (Å²) in [4.78, 5) is 32.7. The molecule has 0 aliphatic heterocycles. The molecular weight excluding hydrogens is 460 g/mol. The van der Waals surface area contributed by atoms with Crippen LogP contribution < -0.4 is 10.9 Å². The number of nitrogens with zero attached hydrogens (tertiary/aromatic N) is 3. The first-order valence-electron chi connectivity index (χ1n) is 9.81. The fourth-order valence-electron chi connectivity index (χ4n) is 3.35. The minimum absolute atomic E-state index is 0.0644. The molecular formula is C23H20N4O2S3. The molecule has 0 saturated heterocycles. The van der Waals surface area contributed by atoms with Gasteiger partial charge in [-0.1, -0.05) is 23.9 Å². The fourth-order valence-corrected chi connectivity index (χ4v) is 5.98. The van der Waals surface area contributed by atoms with Crippen LogP contribution in [-0.4, -0.2) is 21.2 Å². The predicted molar refractivity (Wildman–Crippen MR) is 133 cm³/mol. The SMILES string of the molecule is Cc1cccc(-n2c(SCC(=O)Nc3sccc3C#N)nc3sc(C)c(C)c3c2=O)c1C. The maximum atomic E-state index is 13.6. The zero-order valence-corrected chi connectivity index (χ0v) is 20.4. The molecule has 0 bridgehead atoms. The number of nitriles is 1. The second kappa shape index (κ2) is 8.90. The number of hydrogen-bond acceptors (Lipinski definition) is 7. The molecule has 6 nitrogen and oxygen atoms in total. The highest BCUT2D eigenvalue weighted by Gasteiger charge is 2.20. The van der Waals surface area contributed by atoms with E-state index >= 15 is 0 Å². The molecule has 1 N–H and O–H groups in total. The second-order valence-corrected chi connectivity index (χ2v) is 10.4. The summed E-state index contributed by atoms with van der Waals surface area (Å²) in [6, 6.07) is 9.56. The lowest BCUT2D eigenvalue weighted by Gasteiger charge is -2.15. The Morgan fingerprint density at radius 3 is 2.75 bits per heavy atom. The van der Waals surface area contributed by atoms with Crippen molar-refractivity contribution >= 4 is 55.6 Å². The lowest BCUT2D eigenvalue weighted by Crippen LogP contribution is -2.23. The van der Waals surface area contributed by atoms with E-state index in [1.165, 1.54) is 34.4 Å². The predicted octanol–water partition coefficient (Wildman–Crippen LogP) is 5.34. The molecule has 162 valence electrons. The van der Waals surface area contributed by atoms with E-state index in [1.54, 1.807) is 16.0 Å². The number of benzene rings is 1. The number of aromatic nitrogens is 2. The van der Waals surface area contributed by atoms with Crippen molar-refractivity contribution in [3.63, 3.8) is 0 Å². The van der Waals surface area contributed by atoms with Crippen LogP contribution in [0.4, 0.5) is 5.00 Å². The highest BCUT2D eigenvalue weighted by atomic mass is 32.2. The average Bonchev–Trinajstić information content (AvgIpc) is 3.32. The largest absolute Gasteiger partial charge is 0.316 e. The molecule has 3 aromatic heterocycles. The monoisotopic (exact) mass is 480 g/mol. The zero-order valence-electron chi connectivity index (χ0n) is 18.0. The molecule has 0 saturated carbocycles. The molecule has 1 aromatic carbocycles. The van der Waals surface area contributed by atoms with Crippen molar-refractivity contribution in [3.05, 3.63) is 67.1 Å². The minimum atomic E-state index is -0.255. The fraction of sp³-hybridized carbons (Fsp3) is 0.217. The molecule has 32 heavy (non-hydrogen) atoms. The maximum Gasteiger partial charge on any atom is 0.267 e. The number of amides is 1. The Labute approximate surface area is 197 Å². The van der Waals surface area contributed by atoms with Gasteiger partial charge in [0.25, 0.3) is 5.56 Å². The van der Waals surface area contributed by atoms with Crippen LogP contribution in [0.1, 0.15) is 27.1 Å². The Balaban J connectivity index is 1.76. The van der Waals surface area contributed by atoms with Crippen LogP contribution in [-0.2, 0) is 4.79 Å². The van der Waals surface area contributed by atoms with Gasteiger partial charge in [0.05, 0.1) is 22.4 Å². The lowest BCUT2D eigenvalue weighted by molar-refractivity contribution is -0.113. The normalized spacial score (nSPS) is 11.0. The van der Waals surface area contributed by atoms with Gasteiger partial charge in [-0.15, -0.1) is 22.7 Å². The number of nitrogens with one attached hydrogen (secondary N) is 1. The van der Waals surface area contributed by atoms with Crippen LogP contribution in [0.15, 0.2) is 39.6 Å². The van der Waals surface area contributed by atoms with Crippen molar-refractivity contribution in [2.75, 3.05) is 11.1 Å². The van der Waals surface area contributed by atoms with Gasteiger partial charge in [0.1, 0.15) is 15.9 Å². The van der Waals surface area contributed by atoms with E-state index in [-0.39, 0.29) is 17.2 Å². The Morgan fingerprint density at radius 1 is 1.22 bits per heavy atom. The molecule has 0 atom stereocenters. The van der Waals surface area contributed by atoms with Gasteiger partial charge in [-0.2, -0.15) is 5.26 Å². The quantitative estimate of drug-likeness (QED) is 0.307. The number of hydrogen-bond donors (Lipinski definition) is 1. The van der Waals surface area contributed by atoms with E-state index in [4.69, 9.17) is 10.2 Å². The van der Waals surface area contributed by atoms with Gasteiger partial charge in [-0.3, -0.25) is 14.2 Å². The van der Waals surface area contributed by atoms with Crippen molar-refractivity contribution < 1.29 is 4.79 Å². The summed E-state index contributed by atoms with van der Waals surface area (Å²) >= 11 is 4.00. The van der Waals surface area contributed by atoms with Gasteiger partial charge < -0.3 is 5.32 Å². The summed E-state index contributed by atoms with van der Waals surface area (Å²) < 4.78 is 1.62. The second-order valence-electron chi connectivity index (χ2n) is 7.33. The van der Waals surface area contributed by atoms with Crippen molar-refractivity contribution in [2.24, 2.45) is 0 Å². The summed E-state index contributed by atoms with van der Waals surface area (Å²) in [5.74, 6) is -0.191. The molecule has 0 fully saturated rings. The molecule has 0 radical (unpaired) electrons. The van der Waals surface area contributed by atoms with Gasteiger partial charge in [-0.05, 0) is 61.9 Å². The Bertz CT molecular complexity index is 1460. The maximum absolute atomic E-state index is 13.6. The minimum Gasteiger partial charge on any atom is -0.316 e. The topological polar surface area (TPSA) is 87.8 Å². The molecule has 9 heteroatoms. The number of fused-ring (bicyclic) bond motifs is 1. The smallest absolute Gasteiger partial charge is 0.267 e. The molecule has 0 aliphatic carbocycles. The molecule has 4 aromatic rings. The average molecular weight is 481 g/mol. The summed E-state index contributed by atoms with van der Waals surface area (Å²) in [6.07, 6.45) is 0. The zero-order chi connectivity index (χ0) is 23.0. The number of aryl methyl sites for hydroxylation is 3. The van der Waals surface area contributed by atoms with E-state index in [0.29, 0.717) is 25.9 Å². The molecule has 1 amide bonds. The van der Waals surface area contributed by atoms with Crippen LogP contribution in [0.3, 0.4) is 0 Å². The number of carbonyl (C=O) groups is 1. The van der Waals surface area contributed by atoms with Gasteiger partial charge in [0.15, 0.2) is 5.16 Å². The van der Waals surface area contributed by atoms with Crippen LogP contribution >= 0.6 is 34.4 Å². The third-order valence-corrected chi connectivity index (χ3v) is 8.23. The third kappa shape index (κ3) is 3.97. The van der Waals surface area contributed by atoms with E-state index < -0.39 is 0 Å². The Hall–Kier alpha value is -2.93. The number of carbonyl (C=O) groups excluding carboxylic acids is 1. The van der Waals surface area contributed by atoms with Gasteiger partial charge in [0.2, 0.25) is 5.91 Å². The number of anilines is 1. The molecule has 4 rings (SSSR count). The van der Waals surface area contributed by atoms with Crippen LogP contribution in [0.2, 0.25) is 0 Å². The van der Waals surface area contributed by atoms with Crippen molar-refractivity contribution in [3.8, 4) is 11.8 Å². The summed E-state index contributed by atoms with van der Waals surface area (Å²) in [6.45, 7) is 7.91. The Morgan fingerprint density at radius 2 is 2.00 bits per heavy atom. The van der Waals surface area contributed by atoms with E-state index in [0.717, 1.165) is 27.3 Å². The van der Waals surface area contributed by atoms with Crippen LogP contribution in [0.5, 0.6) is 0 Å². The number of rotatable bonds is 5. The Kier molecular flexibility index (Phi) is 6.20. The number of thioether (sulfide) groups is 1. The van der Waals surface area contributed by atoms with Crippen molar-refractivity contribution in [1.29, 1.82) is 5.26 Å². The van der Waals surface area contributed by atoms with Crippen LogP contribution in [0.25, 0.3) is 15.9 Å². The van der Waals surface area contributed by atoms with Crippen molar-refractivity contribution in [1.82, 2.24) is 9.55 Å². The lowest BCUT2D eigenvalue weighted by atomic mass is 10.1. The highest BCUT2D eigenvalue weighted by molar-refractivity contribution is 7.99. The van der Waals surface area contributed by atoms with E-state index in [1.807, 2.05) is 45.9 Å². The van der Waals surface area contributed by atoms with Gasteiger partial charge >= 0.3 is 0 Å². The molecule has 0 aliphatic rings. The first-order valence-corrected chi connectivity index (χ1v) is 12.5.